The molecule has 0 spiro atoms. The number of aromatic nitrogens is 1. The Morgan fingerprint density at radius 2 is 1.91 bits per heavy atom. The maximum Gasteiger partial charge on any atom is 0.270 e. The monoisotopic (exact) mass is 295 g/mol. The molecule has 0 radical (unpaired) electrons. The highest BCUT2D eigenvalue weighted by Gasteiger charge is 2.07. The fourth-order valence-electron chi connectivity index (χ4n) is 1.84. The smallest absolute Gasteiger partial charge is 0.270 e. The zero-order chi connectivity index (χ0) is 15.9. The number of carbonyl (C=O) groups excluding carboxylic acids is 2. The Morgan fingerprint density at radius 3 is 2.55 bits per heavy atom. The van der Waals surface area contributed by atoms with Gasteiger partial charge in [-0.3, -0.25) is 14.6 Å². The molecular weight excluding hydrogens is 278 g/mol. The molecule has 0 fully saturated rings. The van der Waals surface area contributed by atoms with Gasteiger partial charge in [0.1, 0.15) is 5.69 Å². The molecule has 2 rings (SSSR count). The summed E-state index contributed by atoms with van der Waals surface area (Å²) in [5.41, 5.74) is 2.56. The quantitative estimate of drug-likeness (QED) is 0.635. The van der Waals surface area contributed by atoms with Gasteiger partial charge in [-0.25, -0.2) is 0 Å². The van der Waals surface area contributed by atoms with Gasteiger partial charge in [-0.15, -0.1) is 6.58 Å². The Hall–Kier alpha value is -2.95. The maximum atomic E-state index is 11.8. The number of Topliss-reactive ketones (excluding diaryl/α,β-unsaturated/α-hetero) is 1. The molecule has 1 heterocycles. The number of hydrogen-bond donors (Lipinski definition) is 2. The van der Waals surface area contributed by atoms with Crippen LogP contribution in [0.1, 0.15) is 27.8 Å². The van der Waals surface area contributed by atoms with Crippen molar-refractivity contribution in [2.75, 3.05) is 11.9 Å². The molecule has 1 aromatic carbocycles. The molecule has 22 heavy (non-hydrogen) atoms. The second kappa shape index (κ2) is 7.17. The Kier molecular flexibility index (Phi) is 5.03. The molecule has 1 aromatic heterocycles. The maximum absolute atomic E-state index is 11.8. The van der Waals surface area contributed by atoms with Crippen molar-refractivity contribution in [3.05, 3.63) is 66.5 Å². The second-order valence-electron chi connectivity index (χ2n) is 4.69. The van der Waals surface area contributed by atoms with Crippen molar-refractivity contribution in [2.45, 2.75) is 6.92 Å². The summed E-state index contributed by atoms with van der Waals surface area (Å²) in [6, 6.07) is 10.6. The van der Waals surface area contributed by atoms with E-state index in [2.05, 4.69) is 22.2 Å². The van der Waals surface area contributed by atoms with E-state index < -0.39 is 0 Å². The van der Waals surface area contributed by atoms with E-state index in [1.54, 1.807) is 36.5 Å². The number of pyridine rings is 1. The third kappa shape index (κ3) is 4.02. The number of benzene rings is 1. The molecule has 5 nitrogen and oxygen atoms in total. The molecule has 0 saturated heterocycles. The molecule has 2 N–H and O–H groups in total. The summed E-state index contributed by atoms with van der Waals surface area (Å²) < 4.78 is 0. The number of ketones is 1. The van der Waals surface area contributed by atoms with Crippen molar-refractivity contribution in [1.82, 2.24) is 10.3 Å². The first-order valence-corrected chi connectivity index (χ1v) is 6.83. The summed E-state index contributed by atoms with van der Waals surface area (Å²) >= 11 is 0. The highest BCUT2D eigenvalue weighted by Crippen LogP contribution is 2.17. The first-order chi connectivity index (χ1) is 10.6. The zero-order valence-electron chi connectivity index (χ0n) is 12.3. The van der Waals surface area contributed by atoms with Crippen LogP contribution in [0, 0.1) is 0 Å². The van der Waals surface area contributed by atoms with Gasteiger partial charge in [-0.2, -0.15) is 0 Å². The van der Waals surface area contributed by atoms with Crippen molar-refractivity contribution in [3.8, 4) is 0 Å². The van der Waals surface area contributed by atoms with Crippen LogP contribution in [0.4, 0.5) is 11.4 Å². The van der Waals surface area contributed by atoms with Crippen molar-refractivity contribution in [1.29, 1.82) is 0 Å². The van der Waals surface area contributed by atoms with Crippen molar-refractivity contribution < 1.29 is 9.59 Å². The Balaban J connectivity index is 2.11. The molecule has 1 amide bonds. The number of rotatable bonds is 6. The second-order valence-corrected chi connectivity index (χ2v) is 4.69. The predicted molar refractivity (Wildman–Crippen MR) is 86.5 cm³/mol. The minimum atomic E-state index is -0.254. The highest BCUT2D eigenvalue weighted by molar-refractivity contribution is 5.94. The number of nitrogens with zero attached hydrogens (tertiary/aromatic N) is 1. The fourth-order valence-corrected chi connectivity index (χ4v) is 1.84. The molecule has 112 valence electrons. The van der Waals surface area contributed by atoms with Gasteiger partial charge in [-0.1, -0.05) is 6.08 Å². The van der Waals surface area contributed by atoms with Crippen molar-refractivity contribution >= 4 is 23.1 Å². The van der Waals surface area contributed by atoms with Crippen LogP contribution in [-0.4, -0.2) is 23.2 Å². The average Bonchev–Trinajstić information content (AvgIpc) is 2.53. The first-order valence-electron chi connectivity index (χ1n) is 6.83. The molecule has 0 aliphatic carbocycles. The summed E-state index contributed by atoms with van der Waals surface area (Å²) in [5, 5.41) is 5.84. The summed E-state index contributed by atoms with van der Waals surface area (Å²) in [4.78, 5) is 27.1. The molecule has 5 heteroatoms. The van der Waals surface area contributed by atoms with E-state index in [9.17, 15) is 9.59 Å². The van der Waals surface area contributed by atoms with E-state index in [1.807, 2.05) is 12.1 Å². The Labute approximate surface area is 129 Å². The van der Waals surface area contributed by atoms with E-state index in [-0.39, 0.29) is 11.7 Å². The lowest BCUT2D eigenvalue weighted by Crippen LogP contribution is -2.24. The van der Waals surface area contributed by atoms with Gasteiger partial charge in [0.2, 0.25) is 0 Å². The zero-order valence-corrected chi connectivity index (χ0v) is 12.3. The number of nitrogens with one attached hydrogen (secondary N) is 2. The van der Waals surface area contributed by atoms with Crippen LogP contribution in [0.2, 0.25) is 0 Å². The van der Waals surface area contributed by atoms with Crippen LogP contribution in [-0.2, 0) is 0 Å². The topological polar surface area (TPSA) is 71.1 Å². The Bertz CT molecular complexity index is 693. The molecule has 0 bridgehead atoms. The minimum absolute atomic E-state index is 0.0247. The third-order valence-electron chi connectivity index (χ3n) is 2.98. The SMILES string of the molecule is C=CCNC(=O)c1cc(Nc2ccc(C(C)=O)cc2)ccn1. The predicted octanol–water partition coefficient (Wildman–Crippen LogP) is 2.94. The van der Waals surface area contributed by atoms with Crippen molar-refractivity contribution in [2.24, 2.45) is 0 Å². The highest BCUT2D eigenvalue weighted by atomic mass is 16.1. The lowest BCUT2D eigenvalue weighted by atomic mass is 10.1. The lowest BCUT2D eigenvalue weighted by Gasteiger charge is -2.08. The number of amides is 1. The van der Waals surface area contributed by atoms with Crippen molar-refractivity contribution in [3.63, 3.8) is 0 Å². The normalized spacial score (nSPS) is 9.86. The standard InChI is InChI=1S/C17H17N3O2/c1-3-9-19-17(22)16-11-15(8-10-18-16)20-14-6-4-13(5-7-14)12(2)21/h3-8,10-11H,1,9H2,2H3,(H,18,20)(H,19,22). The first kappa shape index (κ1) is 15.4. The van der Waals surface area contributed by atoms with Crippen LogP contribution < -0.4 is 10.6 Å². The van der Waals surface area contributed by atoms with Gasteiger partial charge in [0.25, 0.3) is 5.91 Å². The summed E-state index contributed by atoms with van der Waals surface area (Å²) in [6.45, 7) is 5.47. The molecule has 0 aliphatic rings. The molecule has 0 aliphatic heterocycles. The van der Waals surface area contributed by atoms with Gasteiger partial charge in [0.05, 0.1) is 0 Å². The summed E-state index contributed by atoms with van der Waals surface area (Å²) in [5.74, 6) is -0.230. The minimum Gasteiger partial charge on any atom is -0.355 e. The third-order valence-corrected chi connectivity index (χ3v) is 2.98. The largest absolute Gasteiger partial charge is 0.355 e. The summed E-state index contributed by atoms with van der Waals surface area (Å²) in [6.07, 6.45) is 3.17. The van der Waals surface area contributed by atoms with E-state index >= 15 is 0 Å². The molecule has 0 saturated carbocycles. The molecule has 0 atom stereocenters. The van der Waals surface area contributed by atoms with Gasteiger partial charge < -0.3 is 10.6 Å². The van der Waals surface area contributed by atoms with Crippen LogP contribution in [0.3, 0.4) is 0 Å². The fraction of sp³-hybridized carbons (Fsp3) is 0.118. The van der Waals surface area contributed by atoms with E-state index in [0.29, 0.717) is 17.8 Å². The summed E-state index contributed by atoms with van der Waals surface area (Å²) in [7, 11) is 0. The molecular formula is C17H17N3O2. The van der Waals surface area contributed by atoms with Gasteiger partial charge in [0, 0.05) is 29.7 Å². The molecule has 0 unspecified atom stereocenters. The van der Waals surface area contributed by atoms with E-state index in [0.717, 1.165) is 11.4 Å². The van der Waals surface area contributed by atoms with Gasteiger partial charge in [-0.05, 0) is 43.3 Å². The van der Waals surface area contributed by atoms with Gasteiger partial charge in [0.15, 0.2) is 5.78 Å². The average molecular weight is 295 g/mol. The lowest BCUT2D eigenvalue weighted by molar-refractivity contribution is 0.0952. The van der Waals surface area contributed by atoms with E-state index in [4.69, 9.17) is 0 Å². The Morgan fingerprint density at radius 1 is 1.18 bits per heavy atom. The van der Waals surface area contributed by atoms with Crippen LogP contribution >= 0.6 is 0 Å². The van der Waals surface area contributed by atoms with Crippen LogP contribution in [0.5, 0.6) is 0 Å². The van der Waals surface area contributed by atoms with Crippen LogP contribution in [0.25, 0.3) is 0 Å². The molecule has 2 aromatic rings. The number of anilines is 2. The van der Waals surface area contributed by atoms with Crippen LogP contribution in [0.15, 0.2) is 55.3 Å². The number of hydrogen-bond acceptors (Lipinski definition) is 4. The number of carbonyl (C=O) groups is 2. The van der Waals surface area contributed by atoms with E-state index in [1.165, 1.54) is 6.92 Å². The van der Waals surface area contributed by atoms with Gasteiger partial charge >= 0.3 is 0 Å².